The molecule has 1 aromatic heterocycles. The van der Waals surface area contributed by atoms with E-state index in [-0.39, 0.29) is 21.0 Å². The average Bonchev–Trinajstić information content (AvgIpc) is 2.56. The second kappa shape index (κ2) is 6.35. The number of ether oxygens (including phenoxy) is 1. The molecule has 122 valence electrons. The second-order valence-corrected chi connectivity index (χ2v) is 6.55. The van der Waals surface area contributed by atoms with Gasteiger partial charge in [0.2, 0.25) is 9.84 Å². The SMILES string of the molecule is COC(=O)c1nc(C)c(S(=O)(=O)c2ccccc2)c(CO)c1O. The molecule has 0 bridgehead atoms. The van der Waals surface area contributed by atoms with Crippen LogP contribution < -0.4 is 0 Å². The Hall–Kier alpha value is -2.45. The van der Waals surface area contributed by atoms with Crippen LogP contribution in [0.1, 0.15) is 21.7 Å². The molecule has 1 heterocycles. The van der Waals surface area contributed by atoms with Crippen LogP contribution in [0.4, 0.5) is 0 Å². The Morgan fingerprint density at radius 2 is 1.87 bits per heavy atom. The lowest BCUT2D eigenvalue weighted by Gasteiger charge is -2.15. The van der Waals surface area contributed by atoms with Gasteiger partial charge in [-0.3, -0.25) is 0 Å². The Morgan fingerprint density at radius 3 is 2.39 bits per heavy atom. The first-order valence-corrected chi connectivity index (χ1v) is 8.04. The number of nitrogens with zero attached hydrogens (tertiary/aromatic N) is 1. The fourth-order valence-corrected chi connectivity index (χ4v) is 3.87. The van der Waals surface area contributed by atoms with Gasteiger partial charge in [0.15, 0.2) is 11.4 Å². The van der Waals surface area contributed by atoms with Crippen LogP contribution in [0.3, 0.4) is 0 Å². The molecule has 1 aromatic carbocycles. The molecule has 0 aliphatic carbocycles. The van der Waals surface area contributed by atoms with Gasteiger partial charge in [-0.15, -0.1) is 0 Å². The molecule has 2 rings (SSSR count). The number of esters is 1. The molecule has 7 nitrogen and oxygen atoms in total. The van der Waals surface area contributed by atoms with Crippen molar-refractivity contribution in [3.63, 3.8) is 0 Å². The minimum atomic E-state index is -4.02. The van der Waals surface area contributed by atoms with Crippen molar-refractivity contribution in [2.45, 2.75) is 23.3 Å². The number of pyridine rings is 1. The third-order valence-corrected chi connectivity index (χ3v) is 5.22. The largest absolute Gasteiger partial charge is 0.505 e. The Balaban J connectivity index is 2.79. The second-order valence-electron chi connectivity index (χ2n) is 4.67. The van der Waals surface area contributed by atoms with E-state index in [0.717, 1.165) is 7.11 Å². The van der Waals surface area contributed by atoms with Crippen LogP contribution in [-0.2, 0) is 21.2 Å². The Morgan fingerprint density at radius 1 is 1.26 bits per heavy atom. The molecule has 0 fully saturated rings. The highest BCUT2D eigenvalue weighted by atomic mass is 32.2. The Labute approximate surface area is 133 Å². The van der Waals surface area contributed by atoms with Gasteiger partial charge < -0.3 is 14.9 Å². The predicted octanol–water partition coefficient (Wildman–Crippen LogP) is 1.21. The molecule has 0 radical (unpaired) electrons. The predicted molar refractivity (Wildman–Crippen MR) is 79.8 cm³/mol. The Kier molecular flexibility index (Phi) is 4.67. The first kappa shape index (κ1) is 16.9. The minimum Gasteiger partial charge on any atom is -0.505 e. The number of carbonyl (C=O) groups excluding carboxylic acids is 1. The summed E-state index contributed by atoms with van der Waals surface area (Å²) < 4.78 is 30.0. The molecule has 0 atom stereocenters. The summed E-state index contributed by atoms with van der Waals surface area (Å²) in [6.07, 6.45) is 0. The number of aliphatic hydroxyl groups is 1. The first-order chi connectivity index (χ1) is 10.8. The summed E-state index contributed by atoms with van der Waals surface area (Å²) in [5.74, 6) is -1.64. The molecule has 2 aromatic rings. The van der Waals surface area contributed by atoms with Gasteiger partial charge in [0, 0.05) is 5.56 Å². The third-order valence-electron chi connectivity index (χ3n) is 3.25. The quantitative estimate of drug-likeness (QED) is 0.806. The number of carbonyl (C=O) groups is 1. The summed E-state index contributed by atoms with van der Waals surface area (Å²) in [7, 11) is -2.92. The minimum absolute atomic E-state index is 0.00943. The highest BCUT2D eigenvalue weighted by Crippen LogP contribution is 2.33. The normalized spacial score (nSPS) is 11.3. The van der Waals surface area contributed by atoms with E-state index < -0.39 is 33.9 Å². The lowest BCUT2D eigenvalue weighted by molar-refractivity contribution is 0.0589. The van der Waals surface area contributed by atoms with E-state index in [0.29, 0.717) is 0 Å². The number of aliphatic hydroxyl groups excluding tert-OH is 1. The monoisotopic (exact) mass is 337 g/mol. The van der Waals surface area contributed by atoms with E-state index in [9.17, 15) is 23.4 Å². The van der Waals surface area contributed by atoms with Crippen LogP contribution in [0.15, 0.2) is 40.1 Å². The van der Waals surface area contributed by atoms with E-state index in [1.165, 1.54) is 19.1 Å². The van der Waals surface area contributed by atoms with E-state index >= 15 is 0 Å². The van der Waals surface area contributed by atoms with E-state index in [1.807, 2.05) is 0 Å². The fourth-order valence-electron chi connectivity index (χ4n) is 2.20. The summed E-state index contributed by atoms with van der Waals surface area (Å²) >= 11 is 0. The van der Waals surface area contributed by atoms with Crippen LogP contribution in [0, 0.1) is 6.92 Å². The molecule has 0 saturated carbocycles. The summed E-state index contributed by atoms with van der Waals surface area (Å²) in [5.41, 5.74) is -0.751. The van der Waals surface area contributed by atoms with Crippen molar-refractivity contribution >= 4 is 15.8 Å². The van der Waals surface area contributed by atoms with Crippen LogP contribution in [0.2, 0.25) is 0 Å². The van der Waals surface area contributed by atoms with Crippen molar-refractivity contribution in [3.8, 4) is 5.75 Å². The van der Waals surface area contributed by atoms with Gasteiger partial charge in [-0.1, -0.05) is 18.2 Å². The van der Waals surface area contributed by atoms with Crippen LogP contribution in [-0.4, -0.2) is 36.7 Å². The maximum atomic E-state index is 12.8. The lowest BCUT2D eigenvalue weighted by Crippen LogP contribution is -2.14. The molecule has 0 unspecified atom stereocenters. The van der Waals surface area contributed by atoms with Crippen molar-refractivity contribution in [3.05, 3.63) is 47.3 Å². The topological polar surface area (TPSA) is 114 Å². The number of hydrogen-bond donors (Lipinski definition) is 2. The Bertz CT molecular complexity index is 846. The number of aryl methyl sites for hydroxylation is 1. The fraction of sp³-hybridized carbons (Fsp3) is 0.200. The highest BCUT2D eigenvalue weighted by molar-refractivity contribution is 7.91. The average molecular weight is 337 g/mol. The number of aromatic nitrogens is 1. The summed E-state index contributed by atoms with van der Waals surface area (Å²) in [4.78, 5) is 15.1. The zero-order chi connectivity index (χ0) is 17.2. The van der Waals surface area contributed by atoms with Gasteiger partial charge in [0.25, 0.3) is 0 Å². The number of methoxy groups -OCH3 is 1. The molecular formula is C15H15NO6S. The van der Waals surface area contributed by atoms with E-state index in [2.05, 4.69) is 9.72 Å². The molecule has 2 N–H and O–H groups in total. The molecular weight excluding hydrogens is 322 g/mol. The lowest BCUT2D eigenvalue weighted by atomic mass is 10.1. The van der Waals surface area contributed by atoms with Crippen LogP contribution in [0.5, 0.6) is 5.75 Å². The van der Waals surface area contributed by atoms with Crippen molar-refractivity contribution in [2.75, 3.05) is 7.11 Å². The van der Waals surface area contributed by atoms with Gasteiger partial charge in [-0.25, -0.2) is 18.2 Å². The smallest absolute Gasteiger partial charge is 0.360 e. The maximum absolute atomic E-state index is 12.8. The molecule has 23 heavy (non-hydrogen) atoms. The third kappa shape index (κ3) is 2.90. The zero-order valence-corrected chi connectivity index (χ0v) is 13.3. The van der Waals surface area contributed by atoms with Crippen molar-refractivity contribution in [1.29, 1.82) is 0 Å². The van der Waals surface area contributed by atoms with E-state index in [4.69, 9.17) is 0 Å². The number of sulfone groups is 1. The molecule has 0 aliphatic heterocycles. The molecule has 0 saturated heterocycles. The maximum Gasteiger partial charge on any atom is 0.360 e. The van der Waals surface area contributed by atoms with Gasteiger partial charge in [0.05, 0.1) is 24.3 Å². The van der Waals surface area contributed by atoms with Gasteiger partial charge >= 0.3 is 5.97 Å². The van der Waals surface area contributed by atoms with Gasteiger partial charge in [-0.05, 0) is 19.1 Å². The zero-order valence-electron chi connectivity index (χ0n) is 12.5. The first-order valence-electron chi connectivity index (χ1n) is 6.56. The summed E-state index contributed by atoms with van der Waals surface area (Å²) in [6.45, 7) is 0.599. The number of benzene rings is 1. The molecule has 0 amide bonds. The van der Waals surface area contributed by atoms with Crippen LogP contribution >= 0.6 is 0 Å². The summed E-state index contributed by atoms with van der Waals surface area (Å²) in [6, 6.07) is 7.55. The molecule has 8 heteroatoms. The van der Waals surface area contributed by atoms with Gasteiger partial charge in [-0.2, -0.15) is 0 Å². The standard InChI is InChI=1S/C15H15NO6S/c1-9-14(23(20,21)10-6-4-3-5-7-10)11(8-17)13(18)12(16-9)15(19)22-2/h3-7,17-18H,8H2,1-2H3. The van der Waals surface area contributed by atoms with Crippen molar-refractivity contribution in [1.82, 2.24) is 4.98 Å². The van der Waals surface area contributed by atoms with E-state index in [1.54, 1.807) is 18.2 Å². The summed E-state index contributed by atoms with van der Waals surface area (Å²) in [5, 5.41) is 19.6. The molecule has 0 aliphatic rings. The highest BCUT2D eigenvalue weighted by Gasteiger charge is 2.30. The van der Waals surface area contributed by atoms with Gasteiger partial charge in [0.1, 0.15) is 4.90 Å². The molecule has 0 spiro atoms. The van der Waals surface area contributed by atoms with Crippen LogP contribution in [0.25, 0.3) is 0 Å². The van der Waals surface area contributed by atoms with Crippen molar-refractivity contribution in [2.24, 2.45) is 0 Å². The van der Waals surface area contributed by atoms with Crippen molar-refractivity contribution < 1.29 is 28.2 Å². The number of hydrogen-bond acceptors (Lipinski definition) is 7. The number of rotatable bonds is 4. The number of aromatic hydroxyl groups is 1.